The summed E-state index contributed by atoms with van der Waals surface area (Å²) in [4.78, 5) is 17.0. The van der Waals surface area contributed by atoms with Crippen LogP contribution in [-0.2, 0) is 17.2 Å². The van der Waals surface area contributed by atoms with E-state index in [-0.39, 0.29) is 23.6 Å². The van der Waals surface area contributed by atoms with Crippen LogP contribution >= 0.6 is 0 Å². The molecule has 0 radical (unpaired) electrons. The molecular weight excluding hydrogens is 356 g/mol. The summed E-state index contributed by atoms with van der Waals surface area (Å²) >= 11 is 0. The van der Waals surface area contributed by atoms with Gasteiger partial charge in [0, 0.05) is 43.6 Å². The highest BCUT2D eigenvalue weighted by Crippen LogP contribution is 2.46. The SMILES string of the molecule is COc1ccccc1C1(CNC(=O)N[C@H]2CCO[C@@H]2c2nccn2C)CCC1. The molecule has 1 aliphatic carbocycles. The summed E-state index contributed by atoms with van der Waals surface area (Å²) < 4.78 is 13.3. The summed E-state index contributed by atoms with van der Waals surface area (Å²) in [6.45, 7) is 1.22. The summed E-state index contributed by atoms with van der Waals surface area (Å²) in [5.74, 6) is 1.73. The number of urea groups is 1. The predicted octanol–water partition coefficient (Wildman–Crippen LogP) is 2.68. The number of aryl methyl sites for hydroxylation is 1. The second-order valence-corrected chi connectivity index (χ2v) is 7.74. The van der Waals surface area contributed by atoms with Crippen LogP contribution in [0.4, 0.5) is 4.79 Å². The van der Waals surface area contributed by atoms with Gasteiger partial charge in [-0.3, -0.25) is 0 Å². The number of imidazole rings is 1. The molecule has 1 aromatic carbocycles. The quantitative estimate of drug-likeness (QED) is 0.803. The molecule has 28 heavy (non-hydrogen) atoms. The van der Waals surface area contributed by atoms with Crippen molar-refractivity contribution in [2.24, 2.45) is 7.05 Å². The third kappa shape index (κ3) is 3.46. The van der Waals surface area contributed by atoms with E-state index in [2.05, 4.69) is 21.7 Å². The summed E-state index contributed by atoms with van der Waals surface area (Å²) in [5.41, 5.74) is 1.13. The standard InChI is InChI=1S/C21H28N4O3/c1-25-12-11-22-19(25)18-16(8-13-28-18)24-20(26)23-14-21(9-5-10-21)15-6-3-4-7-17(15)27-2/h3-4,6-7,11-12,16,18H,5,8-10,13-14H2,1-2H3,(H2,23,24,26)/t16-,18-/m0/s1. The summed E-state index contributed by atoms with van der Waals surface area (Å²) in [7, 11) is 3.64. The van der Waals surface area contributed by atoms with Gasteiger partial charge in [0.15, 0.2) is 0 Å². The van der Waals surface area contributed by atoms with Gasteiger partial charge in [0.05, 0.1) is 13.2 Å². The molecule has 2 aromatic rings. The van der Waals surface area contributed by atoms with Gasteiger partial charge < -0.3 is 24.7 Å². The van der Waals surface area contributed by atoms with E-state index in [1.165, 1.54) is 12.0 Å². The number of nitrogens with zero attached hydrogens (tertiary/aromatic N) is 2. The fourth-order valence-electron chi connectivity index (χ4n) is 4.34. The minimum absolute atomic E-state index is 0.0464. The lowest BCUT2D eigenvalue weighted by molar-refractivity contribution is 0.0907. The number of ether oxygens (including phenoxy) is 2. The van der Waals surface area contributed by atoms with Crippen LogP contribution in [0.2, 0.25) is 0 Å². The van der Waals surface area contributed by atoms with Crippen molar-refractivity contribution in [3.63, 3.8) is 0 Å². The molecule has 1 aromatic heterocycles. The fraction of sp³-hybridized carbons (Fsp3) is 0.524. The lowest BCUT2D eigenvalue weighted by Gasteiger charge is -2.43. The van der Waals surface area contributed by atoms with E-state index < -0.39 is 0 Å². The number of hydrogen-bond donors (Lipinski definition) is 2. The van der Waals surface area contributed by atoms with Gasteiger partial charge in [-0.15, -0.1) is 0 Å². The maximum atomic E-state index is 12.6. The van der Waals surface area contributed by atoms with Gasteiger partial charge in [-0.2, -0.15) is 0 Å². The number of aromatic nitrogens is 2. The second-order valence-electron chi connectivity index (χ2n) is 7.74. The van der Waals surface area contributed by atoms with Crippen LogP contribution < -0.4 is 15.4 Å². The highest BCUT2D eigenvalue weighted by Gasteiger charge is 2.41. The average Bonchev–Trinajstić information content (AvgIpc) is 3.29. The fourth-order valence-corrected chi connectivity index (χ4v) is 4.34. The zero-order valence-electron chi connectivity index (χ0n) is 16.5. The number of para-hydroxylation sites is 1. The van der Waals surface area contributed by atoms with Gasteiger partial charge in [-0.1, -0.05) is 24.6 Å². The topological polar surface area (TPSA) is 77.4 Å². The first-order chi connectivity index (χ1) is 13.6. The number of amides is 2. The summed E-state index contributed by atoms with van der Waals surface area (Å²) in [6.07, 6.45) is 7.48. The van der Waals surface area contributed by atoms with E-state index in [4.69, 9.17) is 9.47 Å². The van der Waals surface area contributed by atoms with E-state index in [0.29, 0.717) is 13.2 Å². The molecule has 150 valence electrons. The first-order valence-corrected chi connectivity index (χ1v) is 9.90. The molecule has 7 nitrogen and oxygen atoms in total. The van der Waals surface area contributed by atoms with Crippen molar-refractivity contribution in [3.8, 4) is 5.75 Å². The van der Waals surface area contributed by atoms with Crippen LogP contribution in [-0.4, -0.2) is 41.9 Å². The van der Waals surface area contributed by atoms with Crippen LogP contribution in [0.25, 0.3) is 0 Å². The third-order valence-electron chi connectivity index (χ3n) is 6.10. The van der Waals surface area contributed by atoms with Crippen LogP contribution in [0, 0.1) is 0 Å². The van der Waals surface area contributed by atoms with E-state index in [0.717, 1.165) is 30.8 Å². The molecule has 7 heteroatoms. The molecule has 2 atom stereocenters. The Kier molecular flexibility index (Phi) is 5.26. The number of methoxy groups -OCH3 is 1. The van der Waals surface area contributed by atoms with E-state index >= 15 is 0 Å². The number of benzene rings is 1. The number of carbonyl (C=O) groups excluding carboxylic acids is 1. The molecule has 2 heterocycles. The van der Waals surface area contributed by atoms with E-state index in [1.54, 1.807) is 13.3 Å². The van der Waals surface area contributed by atoms with Crippen molar-refractivity contribution in [2.45, 2.75) is 43.2 Å². The Balaban J connectivity index is 1.39. The molecule has 1 saturated carbocycles. The molecule has 4 rings (SSSR count). The molecule has 0 bridgehead atoms. The Hall–Kier alpha value is -2.54. The van der Waals surface area contributed by atoms with Gasteiger partial charge in [-0.05, 0) is 25.3 Å². The molecule has 0 spiro atoms. The highest BCUT2D eigenvalue weighted by molar-refractivity contribution is 5.74. The van der Waals surface area contributed by atoms with Crippen LogP contribution in [0.5, 0.6) is 5.75 Å². The second kappa shape index (κ2) is 7.83. The Morgan fingerprint density at radius 1 is 1.39 bits per heavy atom. The Bertz CT molecular complexity index is 831. The predicted molar refractivity (Wildman–Crippen MR) is 105 cm³/mol. The lowest BCUT2D eigenvalue weighted by Crippen LogP contribution is -2.50. The normalized spacial score (nSPS) is 23.1. The smallest absolute Gasteiger partial charge is 0.315 e. The molecule has 2 amide bonds. The maximum absolute atomic E-state index is 12.6. The van der Waals surface area contributed by atoms with Crippen molar-refractivity contribution in [3.05, 3.63) is 48.0 Å². The zero-order chi connectivity index (χ0) is 19.6. The summed E-state index contributed by atoms with van der Waals surface area (Å²) in [5, 5.41) is 6.18. The number of nitrogens with one attached hydrogen (secondary N) is 2. The molecule has 2 N–H and O–H groups in total. The van der Waals surface area contributed by atoms with Gasteiger partial charge in [-0.25, -0.2) is 9.78 Å². The lowest BCUT2D eigenvalue weighted by atomic mass is 9.64. The van der Waals surface area contributed by atoms with Crippen LogP contribution in [0.15, 0.2) is 36.7 Å². The zero-order valence-corrected chi connectivity index (χ0v) is 16.5. The molecule has 2 aliphatic rings. The van der Waals surface area contributed by atoms with E-state index in [9.17, 15) is 4.79 Å². The number of carbonyl (C=O) groups is 1. The molecular formula is C21H28N4O3. The number of rotatable bonds is 6. The highest BCUT2D eigenvalue weighted by atomic mass is 16.5. The van der Waals surface area contributed by atoms with Crippen molar-refractivity contribution in [2.75, 3.05) is 20.3 Å². The van der Waals surface area contributed by atoms with Crippen molar-refractivity contribution < 1.29 is 14.3 Å². The van der Waals surface area contributed by atoms with Crippen molar-refractivity contribution >= 4 is 6.03 Å². The minimum atomic E-state index is -0.211. The summed E-state index contributed by atoms with van der Waals surface area (Å²) in [6, 6.07) is 7.88. The first kappa shape index (κ1) is 18.8. The Labute approximate surface area is 165 Å². The Morgan fingerprint density at radius 2 is 2.21 bits per heavy atom. The largest absolute Gasteiger partial charge is 0.496 e. The number of hydrogen-bond acceptors (Lipinski definition) is 4. The Morgan fingerprint density at radius 3 is 2.89 bits per heavy atom. The van der Waals surface area contributed by atoms with Gasteiger partial charge in [0.25, 0.3) is 0 Å². The molecule has 1 aliphatic heterocycles. The maximum Gasteiger partial charge on any atom is 0.315 e. The van der Waals surface area contributed by atoms with Crippen LogP contribution in [0.3, 0.4) is 0 Å². The van der Waals surface area contributed by atoms with Gasteiger partial charge in [0.2, 0.25) is 0 Å². The monoisotopic (exact) mass is 384 g/mol. The first-order valence-electron chi connectivity index (χ1n) is 9.90. The molecule has 1 saturated heterocycles. The van der Waals surface area contributed by atoms with Gasteiger partial charge in [0.1, 0.15) is 17.7 Å². The van der Waals surface area contributed by atoms with Crippen molar-refractivity contribution in [1.29, 1.82) is 0 Å². The van der Waals surface area contributed by atoms with E-state index in [1.807, 2.05) is 36.0 Å². The third-order valence-corrected chi connectivity index (χ3v) is 6.10. The average molecular weight is 384 g/mol. The van der Waals surface area contributed by atoms with Crippen LogP contribution in [0.1, 0.15) is 43.2 Å². The minimum Gasteiger partial charge on any atom is -0.496 e. The van der Waals surface area contributed by atoms with Gasteiger partial charge >= 0.3 is 6.03 Å². The molecule has 0 unspecified atom stereocenters. The molecule has 2 fully saturated rings. The van der Waals surface area contributed by atoms with Crippen molar-refractivity contribution in [1.82, 2.24) is 20.2 Å².